The standard InChI is InChI=1S/C20H18Cl2N4OS/c1-14-19(10-11-23-27-12-16-17(21)8-5-9-18(16)22)24-20(26-25-14)28-13-15-6-3-2-4-7-15/h2-11,23H,12-13H2,1H3/b11-10+. The Kier molecular flexibility index (Phi) is 7.68. The van der Waals surface area contributed by atoms with E-state index in [2.05, 4.69) is 32.8 Å². The van der Waals surface area contributed by atoms with Crippen molar-refractivity contribution >= 4 is 41.0 Å². The van der Waals surface area contributed by atoms with Crippen molar-refractivity contribution in [2.24, 2.45) is 0 Å². The Morgan fingerprint density at radius 2 is 1.79 bits per heavy atom. The minimum Gasteiger partial charge on any atom is -0.274 e. The topological polar surface area (TPSA) is 59.9 Å². The predicted molar refractivity (Wildman–Crippen MR) is 114 cm³/mol. The molecule has 0 spiro atoms. The Labute approximate surface area is 178 Å². The SMILES string of the molecule is Cc1nnc(SCc2ccccc2)nc1/C=C/NOCc1c(Cl)cccc1Cl. The quantitative estimate of drug-likeness (QED) is 0.289. The van der Waals surface area contributed by atoms with Crippen molar-refractivity contribution in [3.63, 3.8) is 0 Å². The van der Waals surface area contributed by atoms with Gasteiger partial charge in [0, 0.05) is 27.6 Å². The van der Waals surface area contributed by atoms with Gasteiger partial charge in [-0.05, 0) is 30.7 Å². The van der Waals surface area contributed by atoms with Gasteiger partial charge in [-0.3, -0.25) is 10.3 Å². The molecule has 0 saturated heterocycles. The van der Waals surface area contributed by atoms with E-state index >= 15 is 0 Å². The van der Waals surface area contributed by atoms with Crippen LogP contribution < -0.4 is 5.48 Å². The van der Waals surface area contributed by atoms with Gasteiger partial charge in [0.05, 0.1) is 11.4 Å². The molecule has 1 heterocycles. The van der Waals surface area contributed by atoms with Crippen molar-refractivity contribution < 1.29 is 4.84 Å². The average Bonchev–Trinajstić information content (AvgIpc) is 2.70. The van der Waals surface area contributed by atoms with Gasteiger partial charge in [-0.1, -0.05) is 71.4 Å². The largest absolute Gasteiger partial charge is 0.274 e. The Morgan fingerprint density at radius 1 is 1.04 bits per heavy atom. The van der Waals surface area contributed by atoms with Crippen LogP contribution in [0.2, 0.25) is 10.0 Å². The molecule has 0 atom stereocenters. The van der Waals surface area contributed by atoms with E-state index in [1.807, 2.05) is 25.1 Å². The highest BCUT2D eigenvalue weighted by Gasteiger charge is 2.06. The van der Waals surface area contributed by atoms with Crippen LogP contribution in [0.3, 0.4) is 0 Å². The van der Waals surface area contributed by atoms with Crippen LogP contribution in [0.4, 0.5) is 0 Å². The van der Waals surface area contributed by atoms with Gasteiger partial charge in [-0.25, -0.2) is 4.98 Å². The molecule has 0 saturated carbocycles. The molecule has 8 heteroatoms. The minimum absolute atomic E-state index is 0.238. The summed E-state index contributed by atoms with van der Waals surface area (Å²) in [6.07, 6.45) is 3.43. The first kappa shape index (κ1) is 20.6. The summed E-state index contributed by atoms with van der Waals surface area (Å²) >= 11 is 13.8. The number of rotatable bonds is 8. The van der Waals surface area contributed by atoms with Crippen LogP contribution in [0.1, 0.15) is 22.5 Å². The lowest BCUT2D eigenvalue weighted by Crippen LogP contribution is -2.07. The van der Waals surface area contributed by atoms with Crippen LogP contribution in [-0.2, 0) is 17.2 Å². The normalized spacial score (nSPS) is 11.1. The predicted octanol–water partition coefficient (Wildman–Crippen LogP) is 5.47. The molecule has 1 aromatic heterocycles. The van der Waals surface area contributed by atoms with Crippen molar-refractivity contribution in [3.8, 4) is 0 Å². The maximum atomic E-state index is 6.11. The van der Waals surface area contributed by atoms with E-state index in [9.17, 15) is 0 Å². The molecule has 0 aliphatic carbocycles. The van der Waals surface area contributed by atoms with E-state index in [1.165, 1.54) is 5.56 Å². The Balaban J connectivity index is 1.54. The number of aryl methyl sites for hydroxylation is 1. The zero-order chi connectivity index (χ0) is 19.8. The smallest absolute Gasteiger partial charge is 0.209 e. The highest BCUT2D eigenvalue weighted by Crippen LogP contribution is 2.24. The first-order chi connectivity index (χ1) is 13.6. The van der Waals surface area contributed by atoms with Crippen molar-refractivity contribution in [2.75, 3.05) is 0 Å². The van der Waals surface area contributed by atoms with Gasteiger partial charge >= 0.3 is 0 Å². The van der Waals surface area contributed by atoms with Gasteiger partial charge in [0.2, 0.25) is 5.16 Å². The molecule has 0 aliphatic rings. The number of nitrogens with one attached hydrogen (secondary N) is 1. The molecule has 3 rings (SSSR count). The maximum Gasteiger partial charge on any atom is 0.209 e. The number of benzene rings is 2. The van der Waals surface area contributed by atoms with Gasteiger partial charge in [0.15, 0.2) is 0 Å². The highest BCUT2D eigenvalue weighted by molar-refractivity contribution is 7.98. The third kappa shape index (κ3) is 5.94. The molecule has 0 radical (unpaired) electrons. The molecule has 0 fully saturated rings. The fourth-order valence-electron chi connectivity index (χ4n) is 2.26. The van der Waals surface area contributed by atoms with Crippen LogP contribution >= 0.6 is 35.0 Å². The van der Waals surface area contributed by atoms with Crippen molar-refractivity contribution in [3.05, 3.63) is 87.3 Å². The molecule has 0 amide bonds. The molecule has 2 aromatic carbocycles. The van der Waals surface area contributed by atoms with E-state index in [1.54, 1.807) is 42.2 Å². The summed E-state index contributed by atoms with van der Waals surface area (Å²) in [5.74, 6) is 0.786. The van der Waals surface area contributed by atoms with Gasteiger partial charge in [0.25, 0.3) is 0 Å². The number of hydrogen-bond donors (Lipinski definition) is 1. The molecule has 0 aliphatic heterocycles. The monoisotopic (exact) mass is 432 g/mol. The van der Waals surface area contributed by atoms with Crippen LogP contribution in [0, 0.1) is 6.92 Å². The number of thioether (sulfide) groups is 1. The summed E-state index contributed by atoms with van der Waals surface area (Å²) in [5, 5.41) is 10.1. The first-order valence-electron chi connectivity index (χ1n) is 8.48. The lowest BCUT2D eigenvalue weighted by molar-refractivity contribution is 0.0582. The molecule has 0 unspecified atom stereocenters. The summed E-state index contributed by atoms with van der Waals surface area (Å²) in [5.41, 5.74) is 6.14. The van der Waals surface area contributed by atoms with E-state index in [0.717, 1.165) is 22.7 Å². The summed E-state index contributed by atoms with van der Waals surface area (Å²) in [4.78, 5) is 9.94. The minimum atomic E-state index is 0.238. The van der Waals surface area contributed by atoms with Crippen molar-refractivity contribution in [2.45, 2.75) is 24.4 Å². The molecule has 0 bridgehead atoms. The second-order valence-electron chi connectivity index (χ2n) is 5.78. The van der Waals surface area contributed by atoms with E-state index < -0.39 is 0 Å². The third-order valence-electron chi connectivity index (χ3n) is 3.75. The number of halogens is 2. The van der Waals surface area contributed by atoms with Crippen LogP contribution in [0.5, 0.6) is 0 Å². The molecule has 1 N–H and O–H groups in total. The van der Waals surface area contributed by atoms with Gasteiger partial charge in [0.1, 0.15) is 6.61 Å². The van der Waals surface area contributed by atoms with E-state index in [4.69, 9.17) is 28.0 Å². The Hall–Kier alpha value is -2.12. The molecule has 144 valence electrons. The zero-order valence-electron chi connectivity index (χ0n) is 15.1. The number of hydroxylamine groups is 1. The van der Waals surface area contributed by atoms with Crippen molar-refractivity contribution in [1.29, 1.82) is 0 Å². The molecule has 5 nitrogen and oxygen atoms in total. The lowest BCUT2D eigenvalue weighted by Gasteiger charge is -2.07. The highest BCUT2D eigenvalue weighted by atomic mass is 35.5. The number of hydrogen-bond acceptors (Lipinski definition) is 6. The Morgan fingerprint density at radius 3 is 2.54 bits per heavy atom. The number of nitrogens with zero attached hydrogens (tertiary/aromatic N) is 3. The molecular weight excluding hydrogens is 415 g/mol. The van der Waals surface area contributed by atoms with Crippen molar-refractivity contribution in [1.82, 2.24) is 20.7 Å². The summed E-state index contributed by atoms with van der Waals surface area (Å²) < 4.78 is 0. The summed E-state index contributed by atoms with van der Waals surface area (Å²) in [6.45, 7) is 2.09. The van der Waals surface area contributed by atoms with Gasteiger partial charge < -0.3 is 0 Å². The fourth-order valence-corrected chi connectivity index (χ4v) is 3.52. The maximum absolute atomic E-state index is 6.11. The van der Waals surface area contributed by atoms with Gasteiger partial charge in [-0.2, -0.15) is 5.10 Å². The zero-order valence-corrected chi connectivity index (χ0v) is 17.4. The van der Waals surface area contributed by atoms with E-state index in [0.29, 0.717) is 15.2 Å². The van der Waals surface area contributed by atoms with Gasteiger partial charge in [-0.15, -0.1) is 5.10 Å². The summed E-state index contributed by atoms with van der Waals surface area (Å²) in [7, 11) is 0. The average molecular weight is 433 g/mol. The Bertz CT molecular complexity index is 934. The van der Waals surface area contributed by atoms with Crippen LogP contribution in [0.15, 0.2) is 59.9 Å². The second kappa shape index (κ2) is 10.4. The number of aromatic nitrogens is 3. The third-order valence-corrected chi connectivity index (χ3v) is 5.37. The molecule has 3 aromatic rings. The molecular formula is C20H18Cl2N4OS. The van der Waals surface area contributed by atoms with E-state index in [-0.39, 0.29) is 6.61 Å². The fraction of sp³-hybridized carbons (Fsp3) is 0.150. The second-order valence-corrected chi connectivity index (χ2v) is 7.54. The van der Waals surface area contributed by atoms with Crippen LogP contribution in [-0.4, -0.2) is 15.2 Å². The molecule has 28 heavy (non-hydrogen) atoms. The van der Waals surface area contributed by atoms with Crippen LogP contribution in [0.25, 0.3) is 6.08 Å². The first-order valence-corrected chi connectivity index (χ1v) is 10.2. The summed E-state index contributed by atoms with van der Waals surface area (Å²) in [6, 6.07) is 15.5. The lowest BCUT2D eigenvalue weighted by atomic mass is 10.2.